The van der Waals surface area contributed by atoms with Crippen LogP contribution in [-0.2, 0) is 20.5 Å². The van der Waals surface area contributed by atoms with Crippen molar-refractivity contribution in [3.63, 3.8) is 0 Å². The van der Waals surface area contributed by atoms with E-state index in [0.717, 1.165) is 6.07 Å². The zero-order valence-electron chi connectivity index (χ0n) is 14.3. The number of thiophene rings is 1. The highest BCUT2D eigenvalue weighted by Gasteiger charge is 2.33. The standard InChI is InChI=1S/C17H14ClF3N2O4S/c1-9(27-14(24)8-22-16(26)13-3-2-6-28-13)15(25)23-10-4-5-12(18)11(7-10)17(19,20)21/h2-7,9H,8H2,1H3,(H,22,26)(H,23,25). The van der Waals surface area contributed by atoms with Crippen LogP contribution in [0.4, 0.5) is 18.9 Å². The normalized spacial score (nSPS) is 12.2. The second-order valence-corrected chi connectivity index (χ2v) is 6.83. The molecule has 2 N–H and O–H groups in total. The Kier molecular flexibility index (Phi) is 7.03. The molecule has 1 atom stereocenters. The lowest BCUT2D eigenvalue weighted by Gasteiger charge is -2.15. The van der Waals surface area contributed by atoms with Crippen molar-refractivity contribution in [1.29, 1.82) is 0 Å². The van der Waals surface area contributed by atoms with Crippen molar-refractivity contribution in [3.8, 4) is 0 Å². The van der Waals surface area contributed by atoms with Crippen LogP contribution in [0.2, 0.25) is 5.02 Å². The molecule has 0 aliphatic heterocycles. The fourth-order valence-corrected chi connectivity index (χ4v) is 2.87. The predicted molar refractivity (Wildman–Crippen MR) is 97.3 cm³/mol. The van der Waals surface area contributed by atoms with Gasteiger partial charge in [0.1, 0.15) is 6.54 Å². The van der Waals surface area contributed by atoms with Gasteiger partial charge in [-0.1, -0.05) is 17.7 Å². The number of hydrogen-bond acceptors (Lipinski definition) is 5. The van der Waals surface area contributed by atoms with E-state index in [1.54, 1.807) is 17.5 Å². The summed E-state index contributed by atoms with van der Waals surface area (Å²) in [5.41, 5.74) is -1.26. The quantitative estimate of drug-likeness (QED) is 0.679. The van der Waals surface area contributed by atoms with E-state index in [1.807, 2.05) is 0 Å². The maximum absolute atomic E-state index is 12.8. The number of benzene rings is 1. The number of carbonyl (C=O) groups is 3. The summed E-state index contributed by atoms with van der Waals surface area (Å²) in [5, 5.41) is 5.74. The number of nitrogens with one attached hydrogen (secondary N) is 2. The average Bonchev–Trinajstić information content (AvgIpc) is 3.15. The number of esters is 1. The fraction of sp³-hybridized carbons (Fsp3) is 0.235. The van der Waals surface area contributed by atoms with Gasteiger partial charge in [0, 0.05) is 5.69 Å². The minimum Gasteiger partial charge on any atom is -0.451 e. The van der Waals surface area contributed by atoms with Crippen LogP contribution in [0, 0.1) is 0 Å². The van der Waals surface area contributed by atoms with Crippen molar-refractivity contribution < 1.29 is 32.3 Å². The molecule has 11 heteroatoms. The van der Waals surface area contributed by atoms with Crippen molar-refractivity contribution in [3.05, 3.63) is 51.2 Å². The smallest absolute Gasteiger partial charge is 0.417 e. The van der Waals surface area contributed by atoms with Gasteiger partial charge in [0.2, 0.25) is 0 Å². The van der Waals surface area contributed by atoms with Gasteiger partial charge < -0.3 is 15.4 Å². The van der Waals surface area contributed by atoms with Crippen LogP contribution in [0.3, 0.4) is 0 Å². The molecule has 150 valence electrons. The molecule has 1 heterocycles. The SMILES string of the molecule is CC(OC(=O)CNC(=O)c1cccs1)C(=O)Nc1ccc(Cl)c(C(F)(F)F)c1. The summed E-state index contributed by atoms with van der Waals surface area (Å²) < 4.78 is 43.4. The predicted octanol–water partition coefficient (Wildman–Crippen LogP) is 3.72. The summed E-state index contributed by atoms with van der Waals surface area (Å²) >= 11 is 6.70. The van der Waals surface area contributed by atoms with Crippen molar-refractivity contribution in [2.75, 3.05) is 11.9 Å². The van der Waals surface area contributed by atoms with Crippen LogP contribution in [0.25, 0.3) is 0 Å². The minimum atomic E-state index is -4.68. The van der Waals surface area contributed by atoms with E-state index in [0.29, 0.717) is 10.9 Å². The third-order valence-corrected chi connectivity index (χ3v) is 4.55. The second-order valence-electron chi connectivity index (χ2n) is 5.47. The van der Waals surface area contributed by atoms with E-state index in [4.69, 9.17) is 16.3 Å². The fourth-order valence-electron chi connectivity index (χ4n) is 2.00. The van der Waals surface area contributed by atoms with Crippen molar-refractivity contribution >= 4 is 46.4 Å². The first-order chi connectivity index (χ1) is 13.1. The van der Waals surface area contributed by atoms with Crippen LogP contribution in [0.5, 0.6) is 0 Å². The zero-order valence-corrected chi connectivity index (χ0v) is 15.9. The Morgan fingerprint density at radius 3 is 2.57 bits per heavy atom. The first-order valence-corrected chi connectivity index (χ1v) is 9.02. The highest BCUT2D eigenvalue weighted by atomic mass is 35.5. The number of amides is 2. The lowest BCUT2D eigenvalue weighted by atomic mass is 10.2. The van der Waals surface area contributed by atoms with E-state index in [-0.39, 0.29) is 5.69 Å². The summed E-state index contributed by atoms with van der Waals surface area (Å²) in [5.74, 6) is -2.18. The summed E-state index contributed by atoms with van der Waals surface area (Å²) in [6.07, 6.45) is -5.98. The molecule has 6 nitrogen and oxygen atoms in total. The Hall–Kier alpha value is -2.59. The topological polar surface area (TPSA) is 84.5 Å². The lowest BCUT2D eigenvalue weighted by molar-refractivity contribution is -0.152. The first kappa shape index (κ1) is 21.7. The summed E-state index contributed by atoms with van der Waals surface area (Å²) in [6, 6.07) is 6.10. The molecule has 0 saturated carbocycles. The molecule has 2 amide bonds. The van der Waals surface area contributed by atoms with E-state index < -0.39 is 47.2 Å². The molecule has 0 saturated heterocycles. The molecule has 1 unspecified atom stereocenters. The average molecular weight is 435 g/mol. The highest BCUT2D eigenvalue weighted by Crippen LogP contribution is 2.36. The van der Waals surface area contributed by atoms with Crippen LogP contribution in [0.1, 0.15) is 22.2 Å². The van der Waals surface area contributed by atoms with Crippen molar-refractivity contribution in [2.24, 2.45) is 0 Å². The Morgan fingerprint density at radius 1 is 1.25 bits per heavy atom. The van der Waals surface area contributed by atoms with Gasteiger partial charge in [-0.2, -0.15) is 13.2 Å². The van der Waals surface area contributed by atoms with Crippen LogP contribution < -0.4 is 10.6 Å². The van der Waals surface area contributed by atoms with Gasteiger partial charge >= 0.3 is 12.1 Å². The summed E-state index contributed by atoms with van der Waals surface area (Å²) in [6.45, 7) is 0.780. The molecule has 0 bridgehead atoms. The van der Waals surface area contributed by atoms with Crippen LogP contribution in [0.15, 0.2) is 35.7 Å². The maximum atomic E-state index is 12.8. The molecule has 0 spiro atoms. The lowest BCUT2D eigenvalue weighted by Crippen LogP contribution is -2.35. The van der Waals surface area contributed by atoms with Gasteiger partial charge in [-0.25, -0.2) is 0 Å². The third-order valence-electron chi connectivity index (χ3n) is 3.35. The van der Waals surface area contributed by atoms with Gasteiger partial charge in [-0.05, 0) is 36.6 Å². The molecular formula is C17H14ClF3N2O4S. The summed E-state index contributed by atoms with van der Waals surface area (Å²) in [4.78, 5) is 35.9. The van der Waals surface area contributed by atoms with Gasteiger partial charge in [0.05, 0.1) is 15.5 Å². The van der Waals surface area contributed by atoms with E-state index in [2.05, 4.69) is 10.6 Å². The molecule has 0 aliphatic rings. The monoisotopic (exact) mass is 434 g/mol. The number of halogens is 4. The number of alkyl halides is 3. The number of ether oxygens (including phenoxy) is 1. The molecule has 0 fully saturated rings. The molecule has 28 heavy (non-hydrogen) atoms. The second kappa shape index (κ2) is 9.07. The van der Waals surface area contributed by atoms with E-state index in [9.17, 15) is 27.6 Å². The van der Waals surface area contributed by atoms with Gasteiger partial charge in [0.15, 0.2) is 6.10 Å². The third kappa shape index (κ3) is 5.96. The Labute approximate surface area is 166 Å². The van der Waals surface area contributed by atoms with Crippen LogP contribution >= 0.6 is 22.9 Å². The maximum Gasteiger partial charge on any atom is 0.417 e. The largest absolute Gasteiger partial charge is 0.451 e. The van der Waals surface area contributed by atoms with E-state index in [1.165, 1.54) is 24.3 Å². The molecule has 0 radical (unpaired) electrons. The minimum absolute atomic E-state index is 0.157. The Balaban J connectivity index is 1.88. The summed E-state index contributed by atoms with van der Waals surface area (Å²) in [7, 11) is 0. The van der Waals surface area contributed by atoms with Gasteiger partial charge in [-0.15, -0.1) is 11.3 Å². The molecule has 0 aliphatic carbocycles. The van der Waals surface area contributed by atoms with Crippen molar-refractivity contribution in [1.82, 2.24) is 5.32 Å². The Bertz CT molecular complexity index is 872. The molecule has 2 aromatic rings. The first-order valence-electron chi connectivity index (χ1n) is 7.76. The van der Waals surface area contributed by atoms with E-state index >= 15 is 0 Å². The number of anilines is 1. The number of rotatable bonds is 6. The van der Waals surface area contributed by atoms with Gasteiger partial charge in [-0.3, -0.25) is 14.4 Å². The van der Waals surface area contributed by atoms with Gasteiger partial charge in [0.25, 0.3) is 11.8 Å². The molecular weight excluding hydrogens is 421 g/mol. The number of carbonyl (C=O) groups excluding carboxylic acids is 3. The van der Waals surface area contributed by atoms with Crippen molar-refractivity contribution in [2.45, 2.75) is 19.2 Å². The molecule has 2 rings (SSSR count). The number of hydrogen-bond donors (Lipinski definition) is 2. The van der Waals surface area contributed by atoms with Crippen LogP contribution in [-0.4, -0.2) is 30.4 Å². The molecule has 1 aromatic heterocycles. The zero-order chi connectivity index (χ0) is 20.9. The highest BCUT2D eigenvalue weighted by molar-refractivity contribution is 7.12. The Morgan fingerprint density at radius 2 is 1.96 bits per heavy atom. The molecule has 1 aromatic carbocycles.